The molecule has 0 aromatic rings. The van der Waals surface area contributed by atoms with Crippen LogP contribution in [0.3, 0.4) is 0 Å². The zero-order valence-corrected chi connectivity index (χ0v) is 5.19. The second-order valence-electron chi connectivity index (χ2n) is 3.05. The SMILES string of the molecule is C1=C2CC[C@H](CC1)C2. The highest BCUT2D eigenvalue weighted by Crippen LogP contribution is 2.37. The van der Waals surface area contributed by atoms with Crippen LogP contribution in [0.2, 0.25) is 0 Å². The maximum absolute atomic E-state index is 2.45. The van der Waals surface area contributed by atoms with E-state index in [1.165, 1.54) is 32.1 Å². The molecule has 0 saturated heterocycles. The van der Waals surface area contributed by atoms with Gasteiger partial charge in [0, 0.05) is 0 Å². The molecule has 1 fully saturated rings. The Morgan fingerprint density at radius 2 is 2.38 bits per heavy atom. The molecule has 2 aliphatic rings. The molecule has 0 aromatic carbocycles. The molecule has 0 N–H and O–H groups in total. The normalized spacial score (nSPS) is 35.0. The molecule has 2 rings (SSSR count). The summed E-state index contributed by atoms with van der Waals surface area (Å²) in [6.07, 6.45) is 9.66. The number of hydrogen-bond donors (Lipinski definition) is 0. The summed E-state index contributed by atoms with van der Waals surface area (Å²) < 4.78 is 0. The minimum absolute atomic E-state index is 1.09. The van der Waals surface area contributed by atoms with Crippen molar-refractivity contribution in [3.8, 4) is 0 Å². The molecule has 0 heteroatoms. The summed E-state index contributed by atoms with van der Waals surface area (Å²) >= 11 is 0. The van der Waals surface area contributed by atoms with Gasteiger partial charge in [0.25, 0.3) is 0 Å². The van der Waals surface area contributed by atoms with E-state index in [9.17, 15) is 0 Å². The van der Waals surface area contributed by atoms with Crippen LogP contribution in [0, 0.1) is 5.92 Å². The highest BCUT2D eigenvalue weighted by atomic mass is 14.3. The maximum atomic E-state index is 2.45. The van der Waals surface area contributed by atoms with E-state index >= 15 is 0 Å². The molecule has 8 heavy (non-hydrogen) atoms. The van der Waals surface area contributed by atoms with Gasteiger partial charge in [-0.25, -0.2) is 0 Å². The van der Waals surface area contributed by atoms with Gasteiger partial charge in [-0.05, 0) is 38.0 Å². The highest BCUT2D eigenvalue weighted by Gasteiger charge is 2.21. The zero-order chi connectivity index (χ0) is 5.40. The van der Waals surface area contributed by atoms with E-state index in [-0.39, 0.29) is 0 Å². The Bertz CT molecular complexity index is 120. The van der Waals surface area contributed by atoms with Gasteiger partial charge in [-0.2, -0.15) is 0 Å². The fraction of sp³-hybridized carbons (Fsp3) is 0.750. The molecule has 0 nitrogen and oxygen atoms in total. The molecular weight excluding hydrogens is 96.1 g/mol. The van der Waals surface area contributed by atoms with Gasteiger partial charge in [0.1, 0.15) is 0 Å². The molecule has 2 bridgehead atoms. The van der Waals surface area contributed by atoms with Crippen molar-refractivity contribution in [2.45, 2.75) is 32.1 Å². The number of allylic oxidation sites excluding steroid dienone is 2. The molecule has 0 heterocycles. The first-order valence-corrected chi connectivity index (χ1v) is 3.63. The highest BCUT2D eigenvalue weighted by molar-refractivity contribution is 5.11. The Morgan fingerprint density at radius 3 is 3.12 bits per heavy atom. The van der Waals surface area contributed by atoms with Gasteiger partial charge in [-0.1, -0.05) is 11.6 Å². The topological polar surface area (TPSA) is 0 Å². The van der Waals surface area contributed by atoms with E-state index in [4.69, 9.17) is 0 Å². The smallest absolute Gasteiger partial charge is 0.0292 e. The molecule has 1 saturated carbocycles. The van der Waals surface area contributed by atoms with Gasteiger partial charge in [0.15, 0.2) is 0 Å². The van der Waals surface area contributed by atoms with Gasteiger partial charge in [0.2, 0.25) is 0 Å². The predicted octanol–water partition coefficient (Wildman–Crippen LogP) is 2.51. The van der Waals surface area contributed by atoms with Crippen LogP contribution >= 0.6 is 0 Å². The lowest BCUT2D eigenvalue weighted by Crippen LogP contribution is -1.94. The second-order valence-corrected chi connectivity index (χ2v) is 3.05. The van der Waals surface area contributed by atoms with E-state index in [1.54, 1.807) is 5.57 Å². The fourth-order valence-electron chi connectivity index (χ4n) is 1.92. The largest absolute Gasteiger partial charge is 0.0853 e. The molecule has 44 valence electrons. The third-order valence-corrected chi connectivity index (χ3v) is 2.43. The molecule has 0 radical (unpaired) electrons. The Balaban J connectivity index is 2.22. The summed E-state index contributed by atoms with van der Waals surface area (Å²) in [6, 6.07) is 0. The average molecular weight is 108 g/mol. The van der Waals surface area contributed by atoms with Crippen molar-refractivity contribution in [1.29, 1.82) is 0 Å². The maximum Gasteiger partial charge on any atom is -0.0292 e. The van der Waals surface area contributed by atoms with Crippen molar-refractivity contribution in [1.82, 2.24) is 0 Å². The summed E-state index contributed by atoms with van der Waals surface area (Å²) in [5.74, 6) is 1.09. The standard InChI is InChI=1S/C8H12/c1-2-7-4-5-8(3-1)6-7/h2,8H,1,3-6H2/t8-/m0/s1. The van der Waals surface area contributed by atoms with Gasteiger partial charge in [0.05, 0.1) is 0 Å². The Morgan fingerprint density at radius 1 is 1.38 bits per heavy atom. The lowest BCUT2D eigenvalue weighted by molar-refractivity contribution is 0.506. The van der Waals surface area contributed by atoms with E-state index in [0.717, 1.165) is 5.92 Å². The van der Waals surface area contributed by atoms with E-state index < -0.39 is 0 Å². The molecule has 0 aromatic heterocycles. The summed E-state index contributed by atoms with van der Waals surface area (Å²) in [7, 11) is 0. The minimum atomic E-state index is 1.09. The van der Waals surface area contributed by atoms with Gasteiger partial charge < -0.3 is 0 Å². The average Bonchev–Trinajstić information content (AvgIpc) is 2.12. The first kappa shape index (κ1) is 4.60. The van der Waals surface area contributed by atoms with Crippen LogP contribution in [0.4, 0.5) is 0 Å². The van der Waals surface area contributed by atoms with Gasteiger partial charge >= 0.3 is 0 Å². The molecule has 0 spiro atoms. The third kappa shape index (κ3) is 0.594. The summed E-state index contributed by atoms with van der Waals surface area (Å²) in [5.41, 5.74) is 1.75. The van der Waals surface area contributed by atoms with Crippen LogP contribution in [-0.4, -0.2) is 0 Å². The van der Waals surface area contributed by atoms with Crippen molar-refractivity contribution in [3.05, 3.63) is 11.6 Å². The molecule has 0 unspecified atom stereocenters. The van der Waals surface area contributed by atoms with E-state index in [1.807, 2.05) is 0 Å². The van der Waals surface area contributed by atoms with E-state index in [2.05, 4.69) is 6.08 Å². The molecule has 2 aliphatic carbocycles. The van der Waals surface area contributed by atoms with Crippen molar-refractivity contribution in [3.63, 3.8) is 0 Å². The lowest BCUT2D eigenvalue weighted by Gasteiger charge is -2.09. The summed E-state index contributed by atoms with van der Waals surface area (Å²) in [6.45, 7) is 0. The number of rotatable bonds is 0. The second kappa shape index (κ2) is 1.61. The minimum Gasteiger partial charge on any atom is -0.0853 e. The Hall–Kier alpha value is -0.260. The van der Waals surface area contributed by atoms with Crippen molar-refractivity contribution >= 4 is 0 Å². The first-order chi connectivity index (χ1) is 3.95. The molecule has 0 aliphatic heterocycles. The monoisotopic (exact) mass is 108 g/mol. The van der Waals surface area contributed by atoms with Crippen LogP contribution in [0.1, 0.15) is 32.1 Å². The molecule has 0 amide bonds. The first-order valence-electron chi connectivity index (χ1n) is 3.63. The Labute approximate surface area is 50.6 Å². The molecular formula is C8H12. The van der Waals surface area contributed by atoms with Gasteiger partial charge in [-0.3, -0.25) is 0 Å². The quantitative estimate of drug-likeness (QED) is 0.418. The van der Waals surface area contributed by atoms with Crippen molar-refractivity contribution in [2.75, 3.05) is 0 Å². The predicted molar refractivity (Wildman–Crippen MR) is 34.7 cm³/mol. The number of hydrogen-bond acceptors (Lipinski definition) is 0. The summed E-state index contributed by atoms with van der Waals surface area (Å²) in [5, 5.41) is 0. The zero-order valence-electron chi connectivity index (χ0n) is 5.19. The van der Waals surface area contributed by atoms with Gasteiger partial charge in [-0.15, -0.1) is 0 Å². The Kier molecular flexibility index (Phi) is 0.927. The fourth-order valence-corrected chi connectivity index (χ4v) is 1.92. The summed E-state index contributed by atoms with van der Waals surface area (Å²) in [4.78, 5) is 0. The van der Waals surface area contributed by atoms with Crippen molar-refractivity contribution < 1.29 is 0 Å². The van der Waals surface area contributed by atoms with Crippen LogP contribution in [0.15, 0.2) is 11.6 Å². The van der Waals surface area contributed by atoms with Crippen LogP contribution in [0.25, 0.3) is 0 Å². The molecule has 1 atom stereocenters. The van der Waals surface area contributed by atoms with Crippen LogP contribution < -0.4 is 0 Å². The van der Waals surface area contributed by atoms with E-state index in [0.29, 0.717) is 0 Å². The third-order valence-electron chi connectivity index (χ3n) is 2.43. The number of fused-ring (bicyclic) bond motifs is 2. The lowest BCUT2D eigenvalue weighted by atomic mass is 9.97. The van der Waals surface area contributed by atoms with Crippen LogP contribution in [-0.2, 0) is 0 Å². The van der Waals surface area contributed by atoms with Crippen LogP contribution in [0.5, 0.6) is 0 Å². The van der Waals surface area contributed by atoms with Crippen molar-refractivity contribution in [2.24, 2.45) is 5.92 Å².